The van der Waals surface area contributed by atoms with Gasteiger partial charge in [-0.3, -0.25) is 4.68 Å². The van der Waals surface area contributed by atoms with E-state index in [1.165, 1.54) is 19.5 Å². The number of carboxylic acid groups (broad SMARTS) is 1. The van der Waals surface area contributed by atoms with Crippen LogP contribution in [0.5, 0.6) is 5.75 Å². The van der Waals surface area contributed by atoms with E-state index in [1.54, 1.807) is 0 Å². The molecule has 7 nitrogen and oxygen atoms in total. The molecule has 4 rings (SSSR count). The molecule has 0 aliphatic rings. The predicted octanol–water partition coefficient (Wildman–Crippen LogP) is 5.28. The first-order valence-electron chi connectivity index (χ1n) is 9.11. The summed E-state index contributed by atoms with van der Waals surface area (Å²) in [6.07, 6.45) is -2.78. The monoisotopic (exact) mass is 465 g/mol. The van der Waals surface area contributed by atoms with Gasteiger partial charge in [0.2, 0.25) is 5.89 Å². The smallest absolute Gasteiger partial charge is 0.476 e. The number of hydrogen-bond acceptors (Lipinski definition) is 5. The molecule has 4 aromatic rings. The molecule has 2 heterocycles. The van der Waals surface area contributed by atoms with Crippen LogP contribution in [0.4, 0.5) is 22.0 Å². The number of carboxylic acids is 1. The van der Waals surface area contributed by atoms with Gasteiger partial charge >= 0.3 is 12.3 Å². The highest BCUT2D eigenvalue weighted by atomic mass is 19.4. The number of nitrogens with zero attached hydrogens (tertiary/aromatic N) is 3. The van der Waals surface area contributed by atoms with Gasteiger partial charge in [0.05, 0.1) is 17.5 Å². The van der Waals surface area contributed by atoms with E-state index < -0.39 is 46.5 Å². The number of alkyl halides is 3. The molecule has 0 bridgehead atoms. The highest BCUT2D eigenvalue weighted by Gasteiger charge is 2.36. The molecule has 0 spiro atoms. The predicted molar refractivity (Wildman–Crippen MR) is 103 cm³/mol. The summed E-state index contributed by atoms with van der Waals surface area (Å²) in [5.41, 5.74) is -2.26. The topological polar surface area (TPSA) is 90.4 Å². The Labute approximate surface area is 181 Å². The summed E-state index contributed by atoms with van der Waals surface area (Å²) in [7, 11) is 1.29. The van der Waals surface area contributed by atoms with Gasteiger partial charge in [0.15, 0.2) is 5.69 Å². The maximum atomic E-state index is 14.6. The van der Waals surface area contributed by atoms with E-state index in [0.29, 0.717) is 0 Å². The number of rotatable bonds is 5. The van der Waals surface area contributed by atoms with Crippen molar-refractivity contribution in [3.8, 4) is 39.6 Å². The molecule has 0 radical (unpaired) electrons. The van der Waals surface area contributed by atoms with Gasteiger partial charge < -0.3 is 14.3 Å². The Balaban J connectivity index is 2.12. The van der Waals surface area contributed by atoms with E-state index >= 15 is 0 Å². The van der Waals surface area contributed by atoms with Crippen molar-refractivity contribution in [2.75, 3.05) is 0 Å². The largest absolute Gasteiger partial charge is 0.573 e. The van der Waals surface area contributed by atoms with Gasteiger partial charge in [-0.2, -0.15) is 5.10 Å². The van der Waals surface area contributed by atoms with Gasteiger partial charge in [-0.1, -0.05) is 6.07 Å². The van der Waals surface area contributed by atoms with Crippen LogP contribution in [-0.4, -0.2) is 32.2 Å². The number of aromatic carboxylic acids is 1. The average molecular weight is 465 g/mol. The molecule has 2 aromatic heterocycles. The normalized spacial score (nSPS) is 11.6. The van der Waals surface area contributed by atoms with Crippen LogP contribution in [0.25, 0.3) is 33.8 Å². The summed E-state index contributed by atoms with van der Waals surface area (Å²) in [6, 6.07) is 6.00. The highest BCUT2D eigenvalue weighted by Crippen LogP contribution is 2.45. The molecule has 170 valence electrons. The third-order valence-corrected chi connectivity index (χ3v) is 4.59. The Morgan fingerprint density at radius 3 is 2.33 bits per heavy atom. The summed E-state index contributed by atoms with van der Waals surface area (Å²) in [5.74, 6) is -4.74. The molecule has 0 atom stereocenters. The minimum absolute atomic E-state index is 0.0558. The molecule has 0 aliphatic heterocycles. The molecule has 0 unspecified atom stereocenters. The third-order valence-electron chi connectivity index (χ3n) is 4.59. The van der Waals surface area contributed by atoms with Crippen LogP contribution in [0.15, 0.2) is 53.3 Å². The second-order valence-electron chi connectivity index (χ2n) is 6.73. The third kappa shape index (κ3) is 4.27. The zero-order chi connectivity index (χ0) is 23.9. The van der Waals surface area contributed by atoms with Crippen molar-refractivity contribution in [3.63, 3.8) is 0 Å². The first-order valence-corrected chi connectivity index (χ1v) is 9.11. The van der Waals surface area contributed by atoms with Crippen LogP contribution in [-0.2, 0) is 7.05 Å². The second-order valence-corrected chi connectivity index (χ2v) is 6.73. The lowest BCUT2D eigenvalue weighted by Gasteiger charge is -2.19. The summed E-state index contributed by atoms with van der Waals surface area (Å²) in [5, 5.41) is 13.0. The van der Waals surface area contributed by atoms with Gasteiger partial charge in [-0.25, -0.2) is 18.6 Å². The zero-order valence-electron chi connectivity index (χ0n) is 16.5. The molecule has 0 saturated heterocycles. The Hall–Kier alpha value is -4.22. The number of ether oxygens (including phenoxy) is 1. The SMILES string of the molecule is Cn1nc(C(=O)O)cc1-c1cc(-c2ncco2)cc(-c2c(F)cccc2F)c1OC(F)(F)F. The van der Waals surface area contributed by atoms with Gasteiger partial charge in [0.1, 0.15) is 23.6 Å². The molecule has 1 N–H and O–H groups in total. The van der Waals surface area contributed by atoms with Crippen LogP contribution in [0.3, 0.4) is 0 Å². The van der Waals surface area contributed by atoms with Crippen LogP contribution >= 0.6 is 0 Å². The van der Waals surface area contributed by atoms with E-state index in [9.17, 15) is 31.9 Å². The van der Waals surface area contributed by atoms with Crippen molar-refractivity contribution in [3.05, 3.63) is 66.2 Å². The molecule has 33 heavy (non-hydrogen) atoms. The van der Waals surface area contributed by atoms with Crippen LogP contribution in [0, 0.1) is 11.6 Å². The van der Waals surface area contributed by atoms with Gasteiger partial charge in [0.25, 0.3) is 0 Å². The van der Waals surface area contributed by atoms with Gasteiger partial charge in [-0.05, 0) is 30.3 Å². The Bertz CT molecular complexity index is 1330. The lowest BCUT2D eigenvalue weighted by atomic mass is 9.95. The number of hydrogen-bond donors (Lipinski definition) is 1. The second kappa shape index (κ2) is 8.04. The van der Waals surface area contributed by atoms with Crippen molar-refractivity contribution < 1.29 is 41.0 Å². The molecular weight excluding hydrogens is 453 g/mol. The molecule has 0 amide bonds. The van der Waals surface area contributed by atoms with Crippen LogP contribution in [0.2, 0.25) is 0 Å². The number of aromatic nitrogens is 3. The first kappa shape index (κ1) is 22.0. The molecule has 0 saturated carbocycles. The maximum absolute atomic E-state index is 14.6. The minimum Gasteiger partial charge on any atom is -0.476 e. The van der Waals surface area contributed by atoms with Crippen molar-refractivity contribution in [1.29, 1.82) is 0 Å². The number of carbonyl (C=O) groups is 1. The summed E-state index contributed by atoms with van der Waals surface area (Å²) in [4.78, 5) is 15.3. The fourth-order valence-corrected chi connectivity index (χ4v) is 3.30. The fourth-order valence-electron chi connectivity index (χ4n) is 3.30. The molecule has 0 fully saturated rings. The molecular formula is C21H12F5N3O4. The summed E-state index contributed by atoms with van der Waals surface area (Å²) < 4.78 is 79.8. The average Bonchev–Trinajstić information content (AvgIpc) is 3.38. The van der Waals surface area contributed by atoms with Crippen LogP contribution < -0.4 is 4.74 Å². The number of halogens is 5. The molecule has 12 heteroatoms. The Kier molecular flexibility index (Phi) is 5.36. The quantitative estimate of drug-likeness (QED) is 0.403. The van der Waals surface area contributed by atoms with E-state index in [1.807, 2.05) is 0 Å². The summed E-state index contributed by atoms with van der Waals surface area (Å²) >= 11 is 0. The number of oxazole rings is 1. The van der Waals surface area contributed by atoms with Gasteiger partial charge in [-0.15, -0.1) is 13.2 Å². The minimum atomic E-state index is -5.25. The summed E-state index contributed by atoms with van der Waals surface area (Å²) in [6.45, 7) is 0. The van der Waals surface area contributed by atoms with Crippen LogP contribution in [0.1, 0.15) is 10.5 Å². The Morgan fingerprint density at radius 2 is 1.79 bits per heavy atom. The van der Waals surface area contributed by atoms with E-state index in [2.05, 4.69) is 14.8 Å². The fraction of sp³-hybridized carbons (Fsp3) is 0.0952. The highest BCUT2D eigenvalue weighted by molar-refractivity contribution is 5.90. The maximum Gasteiger partial charge on any atom is 0.573 e. The van der Waals surface area contributed by atoms with Gasteiger partial charge in [0, 0.05) is 23.7 Å². The standard InChI is InChI=1S/C21H12F5N3O4/c1-29-16(9-15(28-29)20(30)31)11-7-10(19-27-5-6-32-19)8-12(18(11)33-21(24,25)26)17-13(22)3-2-4-14(17)23/h2-9H,1H3,(H,30,31). The Morgan fingerprint density at radius 1 is 1.12 bits per heavy atom. The van der Waals surface area contributed by atoms with E-state index in [0.717, 1.165) is 41.1 Å². The van der Waals surface area contributed by atoms with E-state index in [4.69, 9.17) is 4.42 Å². The van der Waals surface area contributed by atoms with Crippen molar-refractivity contribution in [2.45, 2.75) is 6.36 Å². The molecule has 2 aromatic carbocycles. The van der Waals surface area contributed by atoms with Crippen molar-refractivity contribution >= 4 is 5.97 Å². The van der Waals surface area contributed by atoms with Crippen molar-refractivity contribution in [1.82, 2.24) is 14.8 Å². The van der Waals surface area contributed by atoms with Crippen molar-refractivity contribution in [2.24, 2.45) is 7.05 Å². The zero-order valence-corrected chi connectivity index (χ0v) is 16.5. The van der Waals surface area contributed by atoms with E-state index in [-0.39, 0.29) is 22.7 Å². The lowest BCUT2D eigenvalue weighted by molar-refractivity contribution is -0.274. The number of benzene rings is 2. The first-order chi connectivity index (χ1) is 15.5. The number of aryl methyl sites for hydroxylation is 1. The lowest BCUT2D eigenvalue weighted by Crippen LogP contribution is -2.19. The molecule has 0 aliphatic carbocycles.